The average molecular weight is 295 g/mol. The largest absolute Gasteiger partial charge is 0.489 e. The summed E-state index contributed by atoms with van der Waals surface area (Å²) in [5, 5.41) is 9.05. The van der Waals surface area contributed by atoms with Crippen molar-refractivity contribution in [1.82, 2.24) is 0 Å². The van der Waals surface area contributed by atoms with E-state index in [1.165, 1.54) is 0 Å². The first-order valence-electron chi connectivity index (χ1n) is 5.81. The summed E-state index contributed by atoms with van der Waals surface area (Å²) >= 11 is 3.35. The van der Waals surface area contributed by atoms with Crippen LogP contribution in [-0.4, -0.2) is 12.1 Å². The van der Waals surface area contributed by atoms with Crippen molar-refractivity contribution in [3.05, 3.63) is 28.2 Å². The molecule has 90 valence electrons. The van der Waals surface area contributed by atoms with E-state index in [4.69, 9.17) is 15.7 Å². The maximum Gasteiger partial charge on any atom is 0.137 e. The van der Waals surface area contributed by atoms with Gasteiger partial charge in [-0.15, -0.1) is 0 Å². The van der Waals surface area contributed by atoms with Crippen LogP contribution in [0.3, 0.4) is 0 Å². The minimum atomic E-state index is 0.145. The molecule has 0 heterocycles. The number of ether oxygens (including phenoxy) is 1. The molecule has 0 aliphatic heterocycles. The molecule has 0 amide bonds. The standard InChI is InChI=1S/C13H15BrN2O/c14-10-4-5-13(9(6-10)8-15)17-12-3-1-2-11(16)7-12/h4-6,11-12H,1-3,7,16H2. The fraction of sp³-hybridized carbons (Fsp3) is 0.462. The zero-order chi connectivity index (χ0) is 12.3. The number of benzene rings is 1. The summed E-state index contributed by atoms with van der Waals surface area (Å²) in [4.78, 5) is 0. The topological polar surface area (TPSA) is 59.0 Å². The molecule has 0 saturated heterocycles. The van der Waals surface area contributed by atoms with E-state index in [1.54, 1.807) is 6.07 Å². The zero-order valence-electron chi connectivity index (χ0n) is 9.53. The molecule has 1 aromatic carbocycles. The van der Waals surface area contributed by atoms with Gasteiger partial charge in [-0.05, 0) is 43.9 Å². The first kappa shape index (κ1) is 12.4. The number of hydrogen-bond acceptors (Lipinski definition) is 3. The minimum absolute atomic E-state index is 0.145. The van der Waals surface area contributed by atoms with Crippen LogP contribution in [0.5, 0.6) is 5.75 Å². The van der Waals surface area contributed by atoms with Gasteiger partial charge in [0, 0.05) is 10.5 Å². The molecule has 0 aromatic heterocycles. The number of nitrogens with two attached hydrogens (primary N) is 1. The monoisotopic (exact) mass is 294 g/mol. The maximum atomic E-state index is 9.05. The summed E-state index contributed by atoms with van der Waals surface area (Å²) in [6.45, 7) is 0. The van der Waals surface area contributed by atoms with Crippen LogP contribution < -0.4 is 10.5 Å². The summed E-state index contributed by atoms with van der Waals surface area (Å²) in [6, 6.07) is 7.88. The Morgan fingerprint density at radius 2 is 2.24 bits per heavy atom. The quantitative estimate of drug-likeness (QED) is 0.912. The SMILES string of the molecule is N#Cc1cc(Br)ccc1OC1CCCC(N)C1. The number of rotatable bonds is 2. The normalized spacial score (nSPS) is 24.1. The van der Waals surface area contributed by atoms with Gasteiger partial charge in [0.25, 0.3) is 0 Å². The molecule has 2 unspecified atom stereocenters. The molecule has 3 nitrogen and oxygen atoms in total. The van der Waals surface area contributed by atoms with Crippen molar-refractivity contribution in [2.45, 2.75) is 37.8 Å². The van der Waals surface area contributed by atoms with Gasteiger partial charge in [0.1, 0.15) is 17.9 Å². The van der Waals surface area contributed by atoms with Gasteiger partial charge in [-0.2, -0.15) is 5.26 Å². The molecule has 0 spiro atoms. The molecule has 4 heteroatoms. The average Bonchev–Trinajstić information content (AvgIpc) is 2.31. The van der Waals surface area contributed by atoms with Crippen LogP contribution in [0.15, 0.2) is 22.7 Å². The van der Waals surface area contributed by atoms with Crippen LogP contribution in [0.1, 0.15) is 31.2 Å². The van der Waals surface area contributed by atoms with E-state index in [0.717, 1.165) is 30.2 Å². The van der Waals surface area contributed by atoms with E-state index in [-0.39, 0.29) is 12.1 Å². The summed E-state index contributed by atoms with van der Waals surface area (Å²) in [6.07, 6.45) is 4.22. The predicted octanol–water partition coefficient (Wildman–Crippen LogP) is 2.97. The number of nitrogens with zero attached hydrogens (tertiary/aromatic N) is 1. The third kappa shape index (κ3) is 3.21. The van der Waals surface area contributed by atoms with E-state index >= 15 is 0 Å². The van der Waals surface area contributed by atoms with Gasteiger partial charge in [-0.3, -0.25) is 0 Å². The molecule has 0 radical (unpaired) electrons. The highest BCUT2D eigenvalue weighted by molar-refractivity contribution is 9.10. The Labute approximate surface area is 110 Å². The lowest BCUT2D eigenvalue weighted by Gasteiger charge is -2.27. The third-order valence-electron chi connectivity index (χ3n) is 3.02. The second-order valence-electron chi connectivity index (χ2n) is 4.42. The summed E-state index contributed by atoms with van der Waals surface area (Å²) in [7, 11) is 0. The number of hydrogen-bond donors (Lipinski definition) is 1. The van der Waals surface area contributed by atoms with E-state index in [2.05, 4.69) is 22.0 Å². The van der Waals surface area contributed by atoms with Crippen molar-refractivity contribution in [2.24, 2.45) is 5.73 Å². The molecule has 2 N–H and O–H groups in total. The smallest absolute Gasteiger partial charge is 0.137 e. The fourth-order valence-electron chi connectivity index (χ4n) is 2.16. The van der Waals surface area contributed by atoms with Gasteiger partial charge in [-0.1, -0.05) is 15.9 Å². The lowest BCUT2D eigenvalue weighted by molar-refractivity contribution is 0.144. The maximum absolute atomic E-state index is 9.05. The van der Waals surface area contributed by atoms with Crippen molar-refractivity contribution in [1.29, 1.82) is 5.26 Å². The van der Waals surface area contributed by atoms with Crippen LogP contribution >= 0.6 is 15.9 Å². The molecular weight excluding hydrogens is 280 g/mol. The van der Waals surface area contributed by atoms with Crippen LogP contribution in [0, 0.1) is 11.3 Å². The van der Waals surface area contributed by atoms with Gasteiger partial charge < -0.3 is 10.5 Å². The molecule has 1 aromatic rings. The zero-order valence-corrected chi connectivity index (χ0v) is 11.1. The van der Waals surface area contributed by atoms with Crippen LogP contribution in [0.2, 0.25) is 0 Å². The van der Waals surface area contributed by atoms with Gasteiger partial charge >= 0.3 is 0 Å². The molecule has 1 fully saturated rings. The Balaban J connectivity index is 2.10. The summed E-state index contributed by atoms with van der Waals surface area (Å²) in [5.41, 5.74) is 6.49. The minimum Gasteiger partial charge on any atom is -0.489 e. The molecule has 0 bridgehead atoms. The second kappa shape index (κ2) is 5.52. The highest BCUT2D eigenvalue weighted by Crippen LogP contribution is 2.27. The Morgan fingerprint density at radius 3 is 2.94 bits per heavy atom. The van der Waals surface area contributed by atoms with Gasteiger partial charge in [0.05, 0.1) is 5.56 Å². The highest BCUT2D eigenvalue weighted by atomic mass is 79.9. The Hall–Kier alpha value is -1.05. The molecule has 2 atom stereocenters. The Kier molecular flexibility index (Phi) is 4.03. The molecular formula is C13H15BrN2O. The third-order valence-corrected chi connectivity index (χ3v) is 3.52. The van der Waals surface area contributed by atoms with Gasteiger partial charge in [0.15, 0.2) is 0 Å². The number of halogens is 1. The lowest BCUT2D eigenvalue weighted by atomic mass is 9.93. The van der Waals surface area contributed by atoms with Gasteiger partial charge in [0.2, 0.25) is 0 Å². The van der Waals surface area contributed by atoms with E-state index in [1.807, 2.05) is 12.1 Å². The van der Waals surface area contributed by atoms with Gasteiger partial charge in [-0.25, -0.2) is 0 Å². The van der Waals surface area contributed by atoms with Crippen molar-refractivity contribution in [2.75, 3.05) is 0 Å². The van der Waals surface area contributed by atoms with Crippen LogP contribution in [0.25, 0.3) is 0 Å². The first-order chi connectivity index (χ1) is 8.19. The Bertz CT molecular complexity index is 442. The van der Waals surface area contributed by atoms with Crippen molar-refractivity contribution in [3.63, 3.8) is 0 Å². The summed E-state index contributed by atoms with van der Waals surface area (Å²) in [5.74, 6) is 0.662. The molecule has 2 rings (SSSR count). The molecule has 1 aliphatic carbocycles. The highest BCUT2D eigenvalue weighted by Gasteiger charge is 2.21. The van der Waals surface area contributed by atoms with E-state index in [0.29, 0.717) is 11.3 Å². The molecule has 1 saturated carbocycles. The summed E-state index contributed by atoms with van der Waals surface area (Å²) < 4.78 is 6.77. The lowest BCUT2D eigenvalue weighted by Crippen LogP contribution is -2.33. The van der Waals surface area contributed by atoms with Crippen molar-refractivity contribution < 1.29 is 4.74 Å². The van der Waals surface area contributed by atoms with Crippen molar-refractivity contribution in [3.8, 4) is 11.8 Å². The number of nitriles is 1. The second-order valence-corrected chi connectivity index (χ2v) is 5.33. The molecule has 17 heavy (non-hydrogen) atoms. The molecule has 1 aliphatic rings. The van der Waals surface area contributed by atoms with E-state index < -0.39 is 0 Å². The van der Waals surface area contributed by atoms with Crippen LogP contribution in [-0.2, 0) is 0 Å². The predicted molar refractivity (Wildman–Crippen MR) is 69.7 cm³/mol. The van der Waals surface area contributed by atoms with E-state index in [9.17, 15) is 0 Å². The van der Waals surface area contributed by atoms with Crippen LogP contribution in [0.4, 0.5) is 0 Å². The fourth-order valence-corrected chi connectivity index (χ4v) is 2.52. The van der Waals surface area contributed by atoms with Crippen molar-refractivity contribution >= 4 is 15.9 Å². The first-order valence-corrected chi connectivity index (χ1v) is 6.60. The Morgan fingerprint density at radius 1 is 1.41 bits per heavy atom.